The van der Waals surface area contributed by atoms with E-state index in [2.05, 4.69) is 15.9 Å². The van der Waals surface area contributed by atoms with Crippen LogP contribution in [0.3, 0.4) is 0 Å². The van der Waals surface area contributed by atoms with Crippen molar-refractivity contribution in [2.24, 2.45) is 0 Å². The normalized spacial score (nSPS) is 11.6. The molecule has 0 bridgehead atoms. The summed E-state index contributed by atoms with van der Waals surface area (Å²) in [5.41, 5.74) is 0.451. The number of aryl methyl sites for hydroxylation is 1. The average Bonchev–Trinajstić information content (AvgIpc) is 2.06. The zero-order valence-corrected chi connectivity index (χ0v) is 9.41. The van der Waals surface area contributed by atoms with Crippen LogP contribution in [0.1, 0.15) is 5.56 Å². The van der Waals surface area contributed by atoms with Gasteiger partial charge >= 0.3 is 10.2 Å². The minimum Gasteiger partial charge on any atom is -0.206 e. The summed E-state index contributed by atoms with van der Waals surface area (Å²) in [6.07, 6.45) is -0.0248. The average molecular weight is 285 g/mol. The van der Waals surface area contributed by atoms with Gasteiger partial charge in [-0.05, 0) is 40.0 Å². The topological polar surface area (TPSA) is 34.1 Å². The number of hydrogen-bond acceptors (Lipinski definition) is 2. The first-order valence-corrected chi connectivity index (χ1v) is 6.09. The molecule has 0 atom stereocenters. The Morgan fingerprint density at radius 1 is 1.36 bits per heavy atom. The molecule has 0 aliphatic carbocycles. The summed E-state index contributed by atoms with van der Waals surface area (Å²) in [5, 5.41) is 0. The van der Waals surface area contributed by atoms with E-state index in [1.807, 2.05) is 0 Å². The van der Waals surface area contributed by atoms with Crippen molar-refractivity contribution in [2.45, 2.75) is 6.42 Å². The van der Waals surface area contributed by atoms with Crippen molar-refractivity contribution < 1.29 is 16.7 Å². The number of rotatable bonds is 3. The van der Waals surface area contributed by atoms with Gasteiger partial charge in [-0.1, -0.05) is 6.07 Å². The summed E-state index contributed by atoms with van der Waals surface area (Å²) in [5.74, 6) is -1.10. The third-order valence-electron chi connectivity index (χ3n) is 1.62. The highest BCUT2D eigenvalue weighted by Gasteiger charge is 2.08. The molecule has 0 saturated heterocycles. The van der Waals surface area contributed by atoms with Gasteiger partial charge in [0.05, 0.1) is 10.2 Å². The highest BCUT2D eigenvalue weighted by atomic mass is 79.9. The first kappa shape index (κ1) is 11.6. The van der Waals surface area contributed by atoms with E-state index < -0.39 is 21.8 Å². The van der Waals surface area contributed by atoms with Crippen molar-refractivity contribution in [1.29, 1.82) is 0 Å². The molecule has 1 rings (SSSR count). The molecule has 0 aromatic heterocycles. The minimum absolute atomic E-state index is 0.0248. The maximum absolute atomic E-state index is 12.9. The zero-order chi connectivity index (χ0) is 10.8. The molecule has 0 aliphatic rings. The second-order valence-electron chi connectivity index (χ2n) is 2.74. The Morgan fingerprint density at radius 2 is 2.00 bits per heavy atom. The fraction of sp³-hybridized carbons (Fsp3) is 0.250. The zero-order valence-electron chi connectivity index (χ0n) is 7.00. The van der Waals surface area contributed by atoms with Gasteiger partial charge in [0.2, 0.25) is 0 Å². The lowest BCUT2D eigenvalue weighted by molar-refractivity contribution is 0.551. The Labute approximate surface area is 89.3 Å². The van der Waals surface area contributed by atoms with Crippen LogP contribution in [0.4, 0.5) is 8.28 Å². The molecule has 0 N–H and O–H groups in total. The maximum Gasteiger partial charge on any atom is 0.302 e. The van der Waals surface area contributed by atoms with E-state index in [0.29, 0.717) is 10.0 Å². The maximum atomic E-state index is 12.9. The van der Waals surface area contributed by atoms with Crippen LogP contribution in [0.15, 0.2) is 22.7 Å². The van der Waals surface area contributed by atoms with Crippen LogP contribution in [0, 0.1) is 5.82 Å². The van der Waals surface area contributed by atoms with Crippen molar-refractivity contribution in [3.8, 4) is 0 Å². The molecule has 0 saturated carbocycles. The quantitative estimate of drug-likeness (QED) is 0.799. The van der Waals surface area contributed by atoms with Crippen LogP contribution < -0.4 is 0 Å². The van der Waals surface area contributed by atoms with Gasteiger partial charge in [-0.2, -0.15) is 8.42 Å². The fourth-order valence-electron chi connectivity index (χ4n) is 0.935. The summed E-state index contributed by atoms with van der Waals surface area (Å²) >= 11 is 2.95. The number of hydrogen-bond donors (Lipinski definition) is 0. The molecular weight excluding hydrogens is 278 g/mol. The van der Waals surface area contributed by atoms with E-state index in [1.54, 1.807) is 6.07 Å². The first-order valence-electron chi connectivity index (χ1n) is 3.75. The molecule has 6 heteroatoms. The van der Waals surface area contributed by atoms with Gasteiger partial charge in [0.25, 0.3) is 0 Å². The van der Waals surface area contributed by atoms with E-state index in [1.165, 1.54) is 12.1 Å². The van der Waals surface area contributed by atoms with Crippen molar-refractivity contribution in [1.82, 2.24) is 0 Å². The van der Waals surface area contributed by atoms with Crippen LogP contribution in [-0.2, 0) is 16.6 Å². The van der Waals surface area contributed by atoms with Gasteiger partial charge in [-0.15, -0.1) is 3.89 Å². The van der Waals surface area contributed by atoms with Crippen LogP contribution in [0.5, 0.6) is 0 Å². The van der Waals surface area contributed by atoms with Gasteiger partial charge in [0.1, 0.15) is 5.82 Å². The Bertz CT molecular complexity index is 431. The highest BCUT2D eigenvalue weighted by Crippen LogP contribution is 2.16. The summed E-state index contributed by atoms with van der Waals surface area (Å²) in [4.78, 5) is 0. The molecule has 78 valence electrons. The van der Waals surface area contributed by atoms with Gasteiger partial charge in [0.15, 0.2) is 0 Å². The molecule has 1 aromatic carbocycles. The fourth-order valence-corrected chi connectivity index (χ4v) is 1.66. The minimum atomic E-state index is -4.48. The third-order valence-corrected chi connectivity index (χ3v) is 2.95. The third kappa shape index (κ3) is 3.71. The molecule has 14 heavy (non-hydrogen) atoms. The lowest BCUT2D eigenvalue weighted by Crippen LogP contribution is -2.02. The molecule has 1 aromatic rings. The summed E-state index contributed by atoms with van der Waals surface area (Å²) in [6, 6.07) is 4.17. The molecule has 2 nitrogen and oxygen atoms in total. The van der Waals surface area contributed by atoms with Crippen LogP contribution in [0.2, 0.25) is 0 Å². The molecular formula is C8H7BrF2O2S. The number of halogens is 3. The Morgan fingerprint density at radius 3 is 2.50 bits per heavy atom. The predicted octanol–water partition coefficient (Wildman–Crippen LogP) is 2.43. The van der Waals surface area contributed by atoms with Crippen molar-refractivity contribution in [2.75, 3.05) is 5.75 Å². The second-order valence-corrected chi connectivity index (χ2v) is 5.08. The first-order chi connectivity index (χ1) is 6.38. The van der Waals surface area contributed by atoms with Crippen LogP contribution in [0.25, 0.3) is 0 Å². The van der Waals surface area contributed by atoms with Crippen molar-refractivity contribution >= 4 is 26.2 Å². The van der Waals surface area contributed by atoms with E-state index in [4.69, 9.17) is 0 Å². The van der Waals surface area contributed by atoms with Crippen molar-refractivity contribution in [3.05, 3.63) is 34.1 Å². The highest BCUT2D eigenvalue weighted by molar-refractivity contribution is 9.10. The Balaban J connectivity index is 2.74. The standard InChI is InChI=1S/C8H7BrF2O2S/c9-7-2-1-6(5-8(7)10)3-4-14(11,12)13/h1-2,5H,3-4H2. The molecule has 0 aliphatic heterocycles. The van der Waals surface area contributed by atoms with E-state index in [-0.39, 0.29) is 6.42 Å². The molecule has 0 spiro atoms. The Hall–Kier alpha value is -0.490. The Kier molecular flexibility index (Phi) is 3.60. The van der Waals surface area contributed by atoms with E-state index in [0.717, 1.165) is 0 Å². The van der Waals surface area contributed by atoms with Gasteiger partial charge in [-0.3, -0.25) is 0 Å². The molecule has 0 unspecified atom stereocenters. The molecule has 0 heterocycles. The smallest absolute Gasteiger partial charge is 0.206 e. The molecule has 0 amide bonds. The summed E-state index contributed by atoms with van der Waals surface area (Å²) in [7, 11) is -4.48. The lowest BCUT2D eigenvalue weighted by Gasteiger charge is -2.00. The van der Waals surface area contributed by atoms with E-state index in [9.17, 15) is 16.7 Å². The molecule has 0 radical (unpaired) electrons. The second kappa shape index (κ2) is 4.35. The number of benzene rings is 1. The summed E-state index contributed by atoms with van der Waals surface area (Å²) < 4.78 is 45.7. The van der Waals surface area contributed by atoms with Crippen LogP contribution in [-0.4, -0.2) is 14.2 Å². The monoisotopic (exact) mass is 284 g/mol. The van der Waals surface area contributed by atoms with Crippen molar-refractivity contribution in [3.63, 3.8) is 0 Å². The largest absolute Gasteiger partial charge is 0.302 e. The van der Waals surface area contributed by atoms with Crippen LogP contribution >= 0.6 is 15.9 Å². The predicted molar refractivity (Wildman–Crippen MR) is 52.7 cm³/mol. The SMILES string of the molecule is O=S(=O)(F)CCc1ccc(Br)c(F)c1. The summed E-state index contributed by atoms with van der Waals surface area (Å²) in [6.45, 7) is 0. The van der Waals surface area contributed by atoms with Gasteiger partial charge in [-0.25, -0.2) is 4.39 Å². The van der Waals surface area contributed by atoms with Gasteiger partial charge in [0, 0.05) is 0 Å². The van der Waals surface area contributed by atoms with E-state index >= 15 is 0 Å². The lowest BCUT2D eigenvalue weighted by atomic mass is 10.2. The van der Waals surface area contributed by atoms with Gasteiger partial charge < -0.3 is 0 Å². The molecule has 0 fully saturated rings.